The van der Waals surface area contributed by atoms with Crippen LogP contribution in [-0.4, -0.2) is 10.3 Å². The number of hydrogen-bond donors (Lipinski definition) is 1. The second-order valence-electron chi connectivity index (χ2n) is 3.06. The first-order valence-electron chi connectivity index (χ1n) is 4.20. The summed E-state index contributed by atoms with van der Waals surface area (Å²) in [5.41, 5.74) is 0.769. The second kappa shape index (κ2) is 3.55. The number of rotatable bonds is 1. The first-order valence-corrected chi connectivity index (χ1v) is 4.58. The van der Waals surface area contributed by atoms with Gasteiger partial charge in [-0.1, -0.05) is 16.8 Å². The van der Waals surface area contributed by atoms with Gasteiger partial charge in [0, 0.05) is 12.5 Å². The Bertz CT molecular complexity index is 510. The molecule has 0 unspecified atom stereocenters. The zero-order valence-electron chi connectivity index (χ0n) is 7.79. The zero-order chi connectivity index (χ0) is 11.0. The highest BCUT2D eigenvalue weighted by Gasteiger charge is 2.14. The molecule has 3 nitrogen and oxygen atoms in total. The van der Waals surface area contributed by atoms with Gasteiger partial charge in [0.1, 0.15) is 5.82 Å². The Labute approximate surface area is 90.1 Å². The first kappa shape index (κ1) is 9.98. The molecule has 15 heavy (non-hydrogen) atoms. The van der Waals surface area contributed by atoms with Crippen molar-refractivity contribution < 1.29 is 14.0 Å². The van der Waals surface area contributed by atoms with Crippen LogP contribution in [0.1, 0.15) is 5.76 Å². The van der Waals surface area contributed by atoms with Crippen LogP contribution in [0.3, 0.4) is 0 Å². The smallest absolute Gasteiger partial charge is 0.186 e. The summed E-state index contributed by atoms with van der Waals surface area (Å²) in [7, 11) is 0. The lowest BCUT2D eigenvalue weighted by Crippen LogP contribution is -1.81. The van der Waals surface area contributed by atoms with E-state index in [1.165, 1.54) is 18.2 Å². The predicted octanol–water partition coefficient (Wildman–Crippen LogP) is 3.15. The number of benzene rings is 1. The van der Waals surface area contributed by atoms with E-state index >= 15 is 0 Å². The lowest BCUT2D eigenvalue weighted by molar-refractivity contribution is 0.384. The largest absolute Gasteiger partial charge is 0.503 e. The maximum Gasteiger partial charge on any atom is 0.186 e. The van der Waals surface area contributed by atoms with Crippen LogP contribution >= 0.6 is 11.6 Å². The Morgan fingerprint density at radius 1 is 1.47 bits per heavy atom. The van der Waals surface area contributed by atoms with E-state index < -0.39 is 5.82 Å². The van der Waals surface area contributed by atoms with Crippen molar-refractivity contribution in [2.24, 2.45) is 0 Å². The third kappa shape index (κ3) is 1.68. The molecule has 0 aliphatic heterocycles. The van der Waals surface area contributed by atoms with Crippen LogP contribution in [0.5, 0.6) is 5.75 Å². The summed E-state index contributed by atoms with van der Waals surface area (Å²) in [6.45, 7) is 1.58. The molecule has 1 aromatic heterocycles. The van der Waals surface area contributed by atoms with Gasteiger partial charge in [-0.3, -0.25) is 0 Å². The lowest BCUT2D eigenvalue weighted by atomic mass is 10.1. The van der Waals surface area contributed by atoms with Crippen molar-refractivity contribution in [2.75, 3.05) is 0 Å². The predicted molar refractivity (Wildman–Crippen MR) is 53.3 cm³/mol. The molecule has 1 heterocycles. The number of aromatic nitrogens is 1. The Balaban J connectivity index is 2.55. The Morgan fingerprint density at radius 3 is 2.73 bits per heavy atom. The molecule has 78 valence electrons. The fourth-order valence-corrected chi connectivity index (χ4v) is 1.38. The van der Waals surface area contributed by atoms with Crippen molar-refractivity contribution in [2.45, 2.75) is 6.92 Å². The SMILES string of the molecule is Cc1onc(-c2ccc(F)c(Cl)c2)c1O. The minimum atomic E-state index is -0.514. The Morgan fingerprint density at radius 2 is 2.20 bits per heavy atom. The fourth-order valence-electron chi connectivity index (χ4n) is 1.20. The fraction of sp³-hybridized carbons (Fsp3) is 0.100. The molecule has 0 aliphatic carbocycles. The molecule has 2 rings (SSSR count). The molecule has 0 amide bonds. The molecule has 0 bridgehead atoms. The summed E-state index contributed by atoms with van der Waals surface area (Å²) in [6.07, 6.45) is 0. The van der Waals surface area contributed by atoms with Gasteiger partial charge >= 0.3 is 0 Å². The van der Waals surface area contributed by atoms with Crippen LogP contribution < -0.4 is 0 Å². The van der Waals surface area contributed by atoms with E-state index in [2.05, 4.69) is 5.16 Å². The molecule has 0 saturated carbocycles. The van der Waals surface area contributed by atoms with Gasteiger partial charge in [-0.2, -0.15) is 0 Å². The Kier molecular flexibility index (Phi) is 2.36. The van der Waals surface area contributed by atoms with E-state index in [1.807, 2.05) is 0 Å². The van der Waals surface area contributed by atoms with Crippen LogP contribution in [0.15, 0.2) is 22.7 Å². The summed E-state index contributed by atoms with van der Waals surface area (Å²) in [5.74, 6) is -0.261. The molecule has 0 atom stereocenters. The normalized spacial score (nSPS) is 10.6. The summed E-state index contributed by atoms with van der Waals surface area (Å²) in [5, 5.41) is 13.2. The van der Waals surface area contributed by atoms with Crippen molar-refractivity contribution in [3.8, 4) is 17.0 Å². The average Bonchev–Trinajstić information content (AvgIpc) is 2.53. The molecule has 5 heteroatoms. The number of nitrogens with zero attached hydrogens (tertiary/aromatic N) is 1. The molecule has 2 aromatic rings. The molecule has 0 radical (unpaired) electrons. The van der Waals surface area contributed by atoms with E-state index in [4.69, 9.17) is 16.1 Å². The van der Waals surface area contributed by atoms with Gasteiger partial charge in [0.2, 0.25) is 0 Å². The zero-order valence-corrected chi connectivity index (χ0v) is 8.55. The van der Waals surface area contributed by atoms with E-state index in [0.717, 1.165) is 0 Å². The topological polar surface area (TPSA) is 46.3 Å². The molecule has 0 saturated heterocycles. The van der Waals surface area contributed by atoms with Gasteiger partial charge in [0.25, 0.3) is 0 Å². The van der Waals surface area contributed by atoms with Crippen molar-refractivity contribution >= 4 is 11.6 Å². The summed E-state index contributed by atoms with van der Waals surface area (Å²) < 4.78 is 17.7. The second-order valence-corrected chi connectivity index (χ2v) is 3.47. The van der Waals surface area contributed by atoms with E-state index in [1.54, 1.807) is 6.92 Å². The van der Waals surface area contributed by atoms with E-state index in [-0.39, 0.29) is 16.5 Å². The number of aromatic hydroxyl groups is 1. The molecule has 1 N–H and O–H groups in total. The number of halogens is 2. The van der Waals surface area contributed by atoms with Gasteiger partial charge < -0.3 is 9.63 Å². The Hall–Kier alpha value is -1.55. The molecular formula is C10H7ClFNO2. The first-order chi connectivity index (χ1) is 7.09. The average molecular weight is 228 g/mol. The van der Waals surface area contributed by atoms with Gasteiger partial charge in [-0.25, -0.2) is 4.39 Å². The van der Waals surface area contributed by atoms with Crippen molar-refractivity contribution in [3.63, 3.8) is 0 Å². The molecule has 0 aliphatic rings. The van der Waals surface area contributed by atoms with Crippen LogP contribution in [0, 0.1) is 12.7 Å². The number of aryl methyl sites for hydroxylation is 1. The van der Waals surface area contributed by atoms with Crippen LogP contribution in [-0.2, 0) is 0 Å². The van der Waals surface area contributed by atoms with Gasteiger partial charge in [-0.15, -0.1) is 0 Å². The van der Waals surface area contributed by atoms with Crippen molar-refractivity contribution in [1.82, 2.24) is 5.16 Å². The molecule has 0 fully saturated rings. The highest BCUT2D eigenvalue weighted by molar-refractivity contribution is 6.31. The van der Waals surface area contributed by atoms with Gasteiger partial charge in [-0.05, 0) is 18.2 Å². The summed E-state index contributed by atoms with van der Waals surface area (Å²) in [4.78, 5) is 0. The maximum atomic E-state index is 12.9. The standard InChI is InChI=1S/C10H7ClFNO2/c1-5-10(14)9(13-15-5)6-2-3-8(12)7(11)4-6/h2-4,14H,1H3. The van der Waals surface area contributed by atoms with E-state index in [0.29, 0.717) is 11.3 Å². The highest BCUT2D eigenvalue weighted by Crippen LogP contribution is 2.32. The van der Waals surface area contributed by atoms with Gasteiger partial charge in [0.05, 0.1) is 5.02 Å². The summed E-state index contributed by atoms with van der Waals surface area (Å²) >= 11 is 5.61. The minimum absolute atomic E-state index is 0.0208. The summed E-state index contributed by atoms with van der Waals surface area (Å²) in [6, 6.07) is 4.06. The number of hydrogen-bond acceptors (Lipinski definition) is 3. The minimum Gasteiger partial charge on any atom is -0.503 e. The monoisotopic (exact) mass is 227 g/mol. The van der Waals surface area contributed by atoms with Crippen LogP contribution in [0.4, 0.5) is 4.39 Å². The van der Waals surface area contributed by atoms with Crippen molar-refractivity contribution in [3.05, 3.63) is 34.8 Å². The van der Waals surface area contributed by atoms with Crippen LogP contribution in [0.25, 0.3) is 11.3 Å². The quantitative estimate of drug-likeness (QED) is 0.814. The van der Waals surface area contributed by atoms with Crippen molar-refractivity contribution in [1.29, 1.82) is 0 Å². The molecular weight excluding hydrogens is 221 g/mol. The third-order valence-corrected chi connectivity index (χ3v) is 2.31. The molecule has 1 aromatic carbocycles. The van der Waals surface area contributed by atoms with Crippen LogP contribution in [0.2, 0.25) is 5.02 Å². The maximum absolute atomic E-state index is 12.9. The molecule has 0 spiro atoms. The van der Waals surface area contributed by atoms with E-state index in [9.17, 15) is 9.50 Å². The highest BCUT2D eigenvalue weighted by atomic mass is 35.5. The lowest BCUT2D eigenvalue weighted by Gasteiger charge is -1.98. The van der Waals surface area contributed by atoms with Gasteiger partial charge in [0.15, 0.2) is 17.2 Å². The third-order valence-electron chi connectivity index (χ3n) is 2.02.